The molecule has 0 aromatic heterocycles. The predicted molar refractivity (Wildman–Crippen MR) is 174 cm³/mol. The summed E-state index contributed by atoms with van der Waals surface area (Å²) in [5, 5.41) is 0. The summed E-state index contributed by atoms with van der Waals surface area (Å²) >= 11 is 0. The molecule has 0 spiro atoms. The first-order valence-electron chi connectivity index (χ1n) is 16.5. The van der Waals surface area contributed by atoms with Gasteiger partial charge in [-0.3, -0.25) is 19.2 Å². The van der Waals surface area contributed by atoms with Crippen molar-refractivity contribution in [3.05, 3.63) is 95.1 Å². The van der Waals surface area contributed by atoms with Crippen LogP contribution < -0.4 is 0 Å². The third-order valence-electron chi connectivity index (χ3n) is 13.2. The van der Waals surface area contributed by atoms with Gasteiger partial charge in [0.05, 0.1) is 21.7 Å². The van der Waals surface area contributed by atoms with Gasteiger partial charge in [0.15, 0.2) is 23.1 Å². The van der Waals surface area contributed by atoms with Crippen molar-refractivity contribution in [1.29, 1.82) is 0 Å². The van der Waals surface area contributed by atoms with E-state index in [1.807, 2.05) is 104 Å². The Morgan fingerprint density at radius 2 is 0.587 bits per heavy atom. The van der Waals surface area contributed by atoms with Crippen molar-refractivity contribution in [2.75, 3.05) is 0 Å². The molecule has 0 saturated carbocycles. The first-order valence-corrected chi connectivity index (χ1v) is 16.5. The SMILES string of the molecule is CC1(C)C(=O)/C=C\C(=O)C(C)(C)C23CCC(O2)(c2ccccc23)C(C)(C)C(=O)/C=C/C(=O)C(C)(C)C23CCC1(O2)c1ccccc13. The highest BCUT2D eigenvalue weighted by molar-refractivity contribution is 6.05. The van der Waals surface area contributed by atoms with Crippen LogP contribution in [0.25, 0.3) is 0 Å². The van der Waals surface area contributed by atoms with Gasteiger partial charge in [0.1, 0.15) is 22.4 Å². The van der Waals surface area contributed by atoms with Gasteiger partial charge >= 0.3 is 0 Å². The van der Waals surface area contributed by atoms with E-state index in [0.717, 1.165) is 22.3 Å². The van der Waals surface area contributed by atoms with E-state index in [9.17, 15) is 19.2 Å². The zero-order valence-corrected chi connectivity index (χ0v) is 28.2. The van der Waals surface area contributed by atoms with E-state index < -0.39 is 44.1 Å². The molecule has 2 saturated heterocycles. The summed E-state index contributed by atoms with van der Waals surface area (Å²) < 4.78 is 14.2. The highest BCUT2D eigenvalue weighted by Gasteiger charge is 2.72. The third-order valence-corrected chi connectivity index (χ3v) is 13.2. The third kappa shape index (κ3) is 3.30. The molecule has 6 nitrogen and oxygen atoms in total. The number of hydrogen-bond donors (Lipinski definition) is 0. The maximum absolute atomic E-state index is 14.3. The van der Waals surface area contributed by atoms with Crippen LogP contribution in [0.1, 0.15) is 103 Å². The Morgan fingerprint density at radius 3 is 0.783 bits per heavy atom. The predicted octanol–water partition coefficient (Wildman–Crippen LogP) is 7.32. The Bertz CT molecular complexity index is 1550. The van der Waals surface area contributed by atoms with E-state index in [1.165, 1.54) is 24.3 Å². The number of rotatable bonds is 0. The van der Waals surface area contributed by atoms with Crippen LogP contribution in [0.15, 0.2) is 72.8 Å². The molecule has 4 atom stereocenters. The summed E-state index contributed by atoms with van der Waals surface area (Å²) in [6, 6.07) is 15.7. The number of allylic oxidation sites excluding steroid dienone is 4. The lowest BCUT2D eigenvalue weighted by Crippen LogP contribution is -2.48. The summed E-state index contributed by atoms with van der Waals surface area (Å²) in [6.07, 6.45) is 7.82. The van der Waals surface area contributed by atoms with Gasteiger partial charge in [-0.2, -0.15) is 0 Å². The van der Waals surface area contributed by atoms with Crippen LogP contribution in [0.4, 0.5) is 0 Å². The molecule has 46 heavy (non-hydrogen) atoms. The molecule has 4 unspecified atom stereocenters. The number of hydrogen-bond acceptors (Lipinski definition) is 6. The van der Waals surface area contributed by atoms with E-state index in [2.05, 4.69) is 0 Å². The van der Waals surface area contributed by atoms with Crippen LogP contribution in [0.3, 0.4) is 0 Å². The minimum absolute atomic E-state index is 0.216. The summed E-state index contributed by atoms with van der Waals surface area (Å²) in [7, 11) is 0. The average Bonchev–Trinajstić information content (AvgIpc) is 3.79. The first kappa shape index (κ1) is 31.1. The van der Waals surface area contributed by atoms with Crippen LogP contribution in [-0.4, -0.2) is 23.1 Å². The van der Waals surface area contributed by atoms with Crippen molar-refractivity contribution in [3.63, 3.8) is 0 Å². The second-order valence-corrected chi connectivity index (χ2v) is 16.2. The summed E-state index contributed by atoms with van der Waals surface area (Å²) in [4.78, 5) is 57.0. The second-order valence-electron chi connectivity index (χ2n) is 16.2. The van der Waals surface area contributed by atoms with Gasteiger partial charge in [0, 0.05) is 0 Å². The van der Waals surface area contributed by atoms with Gasteiger partial charge in [0.25, 0.3) is 0 Å². The molecular weight excluding hydrogens is 576 g/mol. The Hall–Kier alpha value is -3.48. The number of carbonyl (C=O) groups excluding carboxylic acids is 4. The fourth-order valence-corrected chi connectivity index (χ4v) is 9.68. The van der Waals surface area contributed by atoms with Gasteiger partial charge < -0.3 is 9.47 Å². The highest BCUT2D eigenvalue weighted by atomic mass is 16.5. The van der Waals surface area contributed by atoms with Gasteiger partial charge in [0.2, 0.25) is 0 Å². The Kier molecular flexibility index (Phi) is 6.16. The zero-order valence-electron chi connectivity index (χ0n) is 28.2. The van der Waals surface area contributed by atoms with Crippen LogP contribution in [0, 0.1) is 21.7 Å². The van der Waals surface area contributed by atoms with Crippen molar-refractivity contribution >= 4 is 23.1 Å². The molecule has 6 heteroatoms. The van der Waals surface area contributed by atoms with E-state index in [-0.39, 0.29) is 23.1 Å². The van der Waals surface area contributed by atoms with Crippen molar-refractivity contribution in [2.24, 2.45) is 21.7 Å². The van der Waals surface area contributed by atoms with Crippen LogP contribution >= 0.6 is 0 Å². The summed E-state index contributed by atoms with van der Waals surface area (Å²) in [5.74, 6) is -0.863. The monoisotopic (exact) mass is 620 g/mol. The van der Waals surface area contributed by atoms with Crippen LogP contribution in [0.2, 0.25) is 0 Å². The van der Waals surface area contributed by atoms with E-state index in [0.29, 0.717) is 25.7 Å². The quantitative estimate of drug-likeness (QED) is 0.307. The van der Waals surface area contributed by atoms with Crippen molar-refractivity contribution in [3.8, 4) is 0 Å². The molecule has 0 N–H and O–H groups in total. The molecule has 0 amide bonds. The molecule has 0 aliphatic carbocycles. The summed E-state index contributed by atoms with van der Waals surface area (Å²) in [5.41, 5.74) is -4.60. The molecule has 7 rings (SSSR count). The van der Waals surface area contributed by atoms with Crippen LogP contribution in [-0.2, 0) is 51.1 Å². The zero-order chi connectivity index (χ0) is 33.3. The molecule has 2 fully saturated rings. The highest BCUT2D eigenvalue weighted by Crippen LogP contribution is 2.71. The summed E-state index contributed by atoms with van der Waals surface area (Å²) in [6.45, 7) is 15.0. The first-order chi connectivity index (χ1) is 21.4. The largest absolute Gasteiger partial charge is 0.357 e. The molecule has 0 radical (unpaired) electrons. The lowest BCUT2D eigenvalue weighted by atomic mass is 9.58. The average molecular weight is 621 g/mol. The molecule has 2 aromatic carbocycles. The minimum atomic E-state index is -1.06. The standard InChI is InChI=1S/C40H44O6/c1-33(2)29(41)17-18-30(42)35(5,6)39-23-24-40(46-39,28-16-12-11-15-27(28)39)36(7,8)32(44)20-19-31(43)34(3,4)38-22-21-37(33,45-38)25-13-9-10-14-26(25)38/h9-20H,21-24H2,1-8H3/b18-17-,20-19+. The van der Waals surface area contributed by atoms with Gasteiger partial charge in [-0.05, 0) is 128 Å². The van der Waals surface area contributed by atoms with Crippen LogP contribution in [0.5, 0.6) is 0 Å². The number of ether oxygens (including phenoxy) is 2. The number of benzene rings is 2. The van der Waals surface area contributed by atoms with Crippen molar-refractivity contribution < 1.29 is 28.7 Å². The van der Waals surface area contributed by atoms with E-state index in [4.69, 9.17) is 9.47 Å². The maximum atomic E-state index is 14.3. The number of carbonyl (C=O) groups is 4. The lowest BCUT2D eigenvalue weighted by molar-refractivity contribution is -0.190. The Balaban J connectivity index is 1.44. The Labute approximate surface area is 271 Å². The van der Waals surface area contributed by atoms with Crippen molar-refractivity contribution in [1.82, 2.24) is 0 Å². The molecular formula is C40H44O6. The van der Waals surface area contributed by atoms with Gasteiger partial charge in [-0.15, -0.1) is 0 Å². The fourth-order valence-electron chi connectivity index (χ4n) is 9.68. The topological polar surface area (TPSA) is 86.7 Å². The lowest BCUT2D eigenvalue weighted by Gasteiger charge is -2.42. The molecule has 5 aliphatic heterocycles. The van der Waals surface area contributed by atoms with Crippen molar-refractivity contribution in [2.45, 2.75) is 103 Å². The van der Waals surface area contributed by atoms with Gasteiger partial charge in [-0.1, -0.05) is 48.5 Å². The Morgan fingerprint density at radius 1 is 0.391 bits per heavy atom. The molecule has 240 valence electrons. The van der Waals surface area contributed by atoms with E-state index in [1.54, 1.807) is 0 Å². The second kappa shape index (κ2) is 9.11. The molecule has 4 bridgehead atoms. The number of fused-ring (bicyclic) bond motifs is 2. The normalized spacial score (nSPS) is 37.7. The smallest absolute Gasteiger partial charge is 0.164 e. The fraction of sp³-hybridized carbons (Fsp3) is 0.500. The molecule has 5 aliphatic rings. The minimum Gasteiger partial charge on any atom is -0.357 e. The van der Waals surface area contributed by atoms with E-state index >= 15 is 0 Å². The molecule has 5 heterocycles. The number of ketones is 4. The molecule has 2 aromatic rings. The van der Waals surface area contributed by atoms with Gasteiger partial charge in [-0.25, -0.2) is 0 Å². The maximum Gasteiger partial charge on any atom is 0.164 e.